The van der Waals surface area contributed by atoms with Gasteiger partial charge in [0.05, 0.1) is 5.69 Å². The molecule has 1 fully saturated rings. The fourth-order valence-corrected chi connectivity index (χ4v) is 3.59. The van der Waals surface area contributed by atoms with Gasteiger partial charge in [0.25, 0.3) is 17.9 Å². The maximum absolute atomic E-state index is 12.8. The van der Waals surface area contributed by atoms with Crippen molar-refractivity contribution < 1.29 is 14.3 Å². The molecule has 2 aromatic carbocycles. The van der Waals surface area contributed by atoms with Gasteiger partial charge in [0.2, 0.25) is 0 Å². The zero-order chi connectivity index (χ0) is 19.0. The average molecular weight is 386 g/mol. The lowest BCUT2D eigenvalue weighted by Gasteiger charge is -2.38. The summed E-state index contributed by atoms with van der Waals surface area (Å²) < 4.78 is 5.71. The molecule has 2 aromatic rings. The maximum Gasteiger partial charge on any atom is 0.275 e. The van der Waals surface area contributed by atoms with E-state index in [1.165, 1.54) is 0 Å². The molecule has 0 radical (unpaired) electrons. The van der Waals surface area contributed by atoms with Crippen LogP contribution in [0.2, 0.25) is 5.02 Å². The fourth-order valence-electron chi connectivity index (χ4n) is 3.41. The van der Waals surface area contributed by atoms with Crippen molar-refractivity contribution in [2.24, 2.45) is 0 Å². The highest BCUT2D eigenvalue weighted by molar-refractivity contribution is 6.30. The number of aryl methyl sites for hydroxylation is 1. The Morgan fingerprint density at radius 3 is 2.67 bits per heavy atom. The number of ether oxygens (including phenoxy) is 1. The first-order chi connectivity index (χ1) is 13.0. The standard InChI is InChI=1S/C20H20ClN3O3/c1-13-5-6-17-16(11-13)22-19(25)18(27-17)20(26)24-9-7-23(8-10-24)15-4-2-3-14(21)12-15/h2-6,11-12,18H,7-10H2,1H3,(H,22,25). The summed E-state index contributed by atoms with van der Waals surface area (Å²) in [6, 6.07) is 13.2. The molecule has 27 heavy (non-hydrogen) atoms. The minimum absolute atomic E-state index is 0.301. The molecule has 140 valence electrons. The molecular formula is C20H20ClN3O3. The molecule has 2 heterocycles. The van der Waals surface area contributed by atoms with Crippen molar-refractivity contribution >= 4 is 34.8 Å². The van der Waals surface area contributed by atoms with Crippen LogP contribution in [0, 0.1) is 6.92 Å². The number of hydrogen-bond donors (Lipinski definition) is 1. The van der Waals surface area contributed by atoms with E-state index in [4.69, 9.17) is 16.3 Å². The van der Waals surface area contributed by atoms with Gasteiger partial charge in [-0.05, 0) is 42.8 Å². The Balaban J connectivity index is 1.42. The zero-order valence-corrected chi connectivity index (χ0v) is 15.7. The second-order valence-electron chi connectivity index (χ2n) is 6.78. The molecule has 0 saturated carbocycles. The highest BCUT2D eigenvalue weighted by Gasteiger charge is 2.37. The van der Waals surface area contributed by atoms with E-state index >= 15 is 0 Å². The van der Waals surface area contributed by atoms with Crippen molar-refractivity contribution in [3.63, 3.8) is 0 Å². The van der Waals surface area contributed by atoms with E-state index in [2.05, 4.69) is 10.2 Å². The fraction of sp³-hybridized carbons (Fsp3) is 0.300. The third kappa shape index (κ3) is 3.57. The number of nitrogens with zero attached hydrogens (tertiary/aromatic N) is 2. The van der Waals surface area contributed by atoms with Gasteiger partial charge in [-0.15, -0.1) is 0 Å². The van der Waals surface area contributed by atoms with Crippen LogP contribution in [0.4, 0.5) is 11.4 Å². The summed E-state index contributed by atoms with van der Waals surface area (Å²) in [6.45, 7) is 4.34. The third-order valence-electron chi connectivity index (χ3n) is 4.86. The lowest BCUT2D eigenvalue weighted by Crippen LogP contribution is -2.55. The normalized spacial score (nSPS) is 19.2. The van der Waals surface area contributed by atoms with Crippen LogP contribution in [0.15, 0.2) is 42.5 Å². The second kappa shape index (κ2) is 7.12. The lowest BCUT2D eigenvalue weighted by molar-refractivity contribution is -0.145. The highest BCUT2D eigenvalue weighted by Crippen LogP contribution is 2.31. The van der Waals surface area contributed by atoms with E-state index in [0.29, 0.717) is 42.6 Å². The van der Waals surface area contributed by atoms with E-state index in [-0.39, 0.29) is 5.91 Å². The average Bonchev–Trinajstić information content (AvgIpc) is 2.67. The monoisotopic (exact) mass is 385 g/mol. The summed E-state index contributed by atoms with van der Waals surface area (Å²) in [5.74, 6) is -0.198. The first-order valence-electron chi connectivity index (χ1n) is 8.89. The molecule has 1 N–H and O–H groups in total. The van der Waals surface area contributed by atoms with E-state index in [1.807, 2.05) is 43.3 Å². The number of amides is 2. The number of rotatable bonds is 2. The number of anilines is 2. The first kappa shape index (κ1) is 17.7. The minimum Gasteiger partial charge on any atom is -0.468 e. The van der Waals surface area contributed by atoms with Crippen molar-refractivity contribution in [2.75, 3.05) is 36.4 Å². The minimum atomic E-state index is -1.14. The molecule has 2 aliphatic rings. The Labute approximate surface area is 162 Å². The van der Waals surface area contributed by atoms with Crippen LogP contribution in [0.3, 0.4) is 0 Å². The lowest BCUT2D eigenvalue weighted by atomic mass is 10.1. The quantitative estimate of drug-likeness (QED) is 0.807. The molecule has 0 aliphatic carbocycles. The van der Waals surface area contributed by atoms with Crippen molar-refractivity contribution in [3.8, 4) is 5.75 Å². The third-order valence-corrected chi connectivity index (χ3v) is 5.10. The van der Waals surface area contributed by atoms with Crippen molar-refractivity contribution in [2.45, 2.75) is 13.0 Å². The van der Waals surface area contributed by atoms with Gasteiger partial charge in [0.1, 0.15) is 5.75 Å². The molecule has 2 amide bonds. The van der Waals surface area contributed by atoms with Crippen molar-refractivity contribution in [1.29, 1.82) is 0 Å². The van der Waals surface area contributed by atoms with Gasteiger partial charge in [-0.3, -0.25) is 9.59 Å². The van der Waals surface area contributed by atoms with Crippen LogP contribution in [-0.4, -0.2) is 49.0 Å². The van der Waals surface area contributed by atoms with Gasteiger partial charge < -0.3 is 19.9 Å². The van der Waals surface area contributed by atoms with E-state index in [1.54, 1.807) is 11.0 Å². The van der Waals surface area contributed by atoms with E-state index in [0.717, 1.165) is 11.3 Å². The molecule has 4 rings (SSSR count). The van der Waals surface area contributed by atoms with Crippen LogP contribution in [0.1, 0.15) is 5.56 Å². The Morgan fingerprint density at radius 1 is 1.15 bits per heavy atom. The summed E-state index contributed by atoms with van der Waals surface area (Å²) >= 11 is 6.06. The van der Waals surface area contributed by atoms with Gasteiger partial charge in [0, 0.05) is 36.9 Å². The molecule has 1 saturated heterocycles. The summed E-state index contributed by atoms with van der Waals surface area (Å²) in [4.78, 5) is 29.1. The predicted octanol–water partition coefficient (Wildman–Crippen LogP) is 2.70. The Morgan fingerprint density at radius 2 is 1.93 bits per heavy atom. The number of carbonyl (C=O) groups is 2. The topological polar surface area (TPSA) is 61.9 Å². The summed E-state index contributed by atoms with van der Waals surface area (Å²) in [5.41, 5.74) is 2.65. The molecule has 0 aromatic heterocycles. The number of hydrogen-bond acceptors (Lipinski definition) is 4. The van der Waals surface area contributed by atoms with Crippen LogP contribution in [-0.2, 0) is 9.59 Å². The van der Waals surface area contributed by atoms with Gasteiger partial charge in [0.15, 0.2) is 0 Å². The van der Waals surface area contributed by atoms with Crippen LogP contribution in [0.25, 0.3) is 0 Å². The highest BCUT2D eigenvalue weighted by atomic mass is 35.5. The summed E-state index contributed by atoms with van der Waals surface area (Å²) in [5, 5.41) is 3.46. The largest absolute Gasteiger partial charge is 0.468 e. The van der Waals surface area contributed by atoms with Crippen molar-refractivity contribution in [3.05, 3.63) is 53.1 Å². The molecule has 2 aliphatic heterocycles. The number of benzene rings is 2. The summed E-state index contributed by atoms with van der Waals surface area (Å²) in [7, 11) is 0. The number of nitrogens with one attached hydrogen (secondary N) is 1. The SMILES string of the molecule is Cc1ccc2c(c1)NC(=O)C(C(=O)N1CCN(c3cccc(Cl)c3)CC1)O2. The number of halogens is 1. The smallest absolute Gasteiger partial charge is 0.275 e. The zero-order valence-electron chi connectivity index (χ0n) is 14.9. The maximum atomic E-state index is 12.8. The van der Waals surface area contributed by atoms with Gasteiger partial charge in [-0.25, -0.2) is 0 Å². The number of carbonyl (C=O) groups excluding carboxylic acids is 2. The van der Waals surface area contributed by atoms with Crippen LogP contribution < -0.4 is 15.0 Å². The Hall–Kier alpha value is -2.73. The number of piperazine rings is 1. The number of fused-ring (bicyclic) bond motifs is 1. The van der Waals surface area contributed by atoms with Gasteiger partial charge in [-0.1, -0.05) is 23.7 Å². The van der Waals surface area contributed by atoms with Gasteiger partial charge in [-0.2, -0.15) is 0 Å². The van der Waals surface area contributed by atoms with E-state index in [9.17, 15) is 9.59 Å². The van der Waals surface area contributed by atoms with Crippen molar-refractivity contribution in [1.82, 2.24) is 4.90 Å². The molecule has 1 atom stereocenters. The molecule has 0 bridgehead atoms. The molecular weight excluding hydrogens is 366 g/mol. The first-order valence-corrected chi connectivity index (χ1v) is 9.26. The Bertz CT molecular complexity index is 894. The molecule has 7 heteroatoms. The Kier molecular flexibility index (Phi) is 4.66. The molecule has 6 nitrogen and oxygen atoms in total. The van der Waals surface area contributed by atoms with Gasteiger partial charge >= 0.3 is 0 Å². The van der Waals surface area contributed by atoms with Crippen LogP contribution in [0.5, 0.6) is 5.75 Å². The predicted molar refractivity (Wildman–Crippen MR) is 104 cm³/mol. The molecule has 1 unspecified atom stereocenters. The van der Waals surface area contributed by atoms with E-state index < -0.39 is 12.0 Å². The molecule has 0 spiro atoms. The summed E-state index contributed by atoms with van der Waals surface area (Å²) in [6.07, 6.45) is -1.14. The second-order valence-corrected chi connectivity index (χ2v) is 7.22. The van der Waals surface area contributed by atoms with Crippen LogP contribution >= 0.6 is 11.6 Å².